The Morgan fingerprint density at radius 1 is 1.02 bits per heavy atom. The number of rotatable bonds is 5. The predicted octanol–water partition coefficient (Wildman–Crippen LogP) is 4.90. The summed E-state index contributed by atoms with van der Waals surface area (Å²) in [5.74, 6) is -0.294. The summed E-state index contributed by atoms with van der Waals surface area (Å²) in [6.45, 7) is 3.54. The van der Waals surface area contributed by atoms with E-state index in [0.717, 1.165) is 51.6 Å². The van der Waals surface area contributed by atoms with Gasteiger partial charge in [-0.2, -0.15) is 14.4 Å². The Bertz CT molecular complexity index is 1860. The molecule has 0 radical (unpaired) electrons. The molecule has 2 aromatic heterocycles. The van der Waals surface area contributed by atoms with Crippen molar-refractivity contribution in [1.82, 2.24) is 25.2 Å². The van der Waals surface area contributed by atoms with Crippen LogP contribution in [0.2, 0.25) is 0 Å². The number of terminal acetylenes is 1. The largest absolute Gasteiger partial charge is 0.508 e. The molecule has 4 aliphatic heterocycles. The molecule has 8 rings (SSSR count). The molecule has 0 aliphatic carbocycles. The van der Waals surface area contributed by atoms with Crippen LogP contribution in [0.5, 0.6) is 11.8 Å². The molecule has 4 aromatic rings. The van der Waals surface area contributed by atoms with Gasteiger partial charge in [0.2, 0.25) is 5.95 Å². The second-order valence-corrected chi connectivity index (χ2v) is 12.5. The fraction of sp³-hybridized carbons (Fsp3) is 0.424. The summed E-state index contributed by atoms with van der Waals surface area (Å²) in [6, 6.07) is 5.58. The SMILES string of the molecule is C#Cc1c(F)ccc2cc(O)cc(-c3nc(F)c4c(N5CC6CCC(C5)N6)nc(OCC56CCCN5CCC6)nc4c3F)c12. The summed E-state index contributed by atoms with van der Waals surface area (Å²) >= 11 is 0. The summed E-state index contributed by atoms with van der Waals surface area (Å²) in [5, 5.41) is 14.4. The minimum Gasteiger partial charge on any atom is -0.508 e. The van der Waals surface area contributed by atoms with Gasteiger partial charge in [-0.1, -0.05) is 12.0 Å². The zero-order chi connectivity index (χ0) is 30.2. The van der Waals surface area contributed by atoms with Crippen LogP contribution in [0.25, 0.3) is 32.9 Å². The van der Waals surface area contributed by atoms with Gasteiger partial charge in [0.05, 0.1) is 11.1 Å². The number of halogens is 3. The van der Waals surface area contributed by atoms with E-state index in [4.69, 9.17) is 11.2 Å². The molecule has 2 bridgehead atoms. The number of nitrogens with one attached hydrogen (secondary N) is 1. The van der Waals surface area contributed by atoms with E-state index in [-0.39, 0.29) is 62.6 Å². The Morgan fingerprint density at radius 3 is 2.50 bits per heavy atom. The van der Waals surface area contributed by atoms with Crippen molar-refractivity contribution in [3.8, 4) is 35.4 Å². The second kappa shape index (κ2) is 10.2. The zero-order valence-corrected chi connectivity index (χ0v) is 24.0. The first-order chi connectivity index (χ1) is 21.3. The number of aromatic nitrogens is 3. The molecular formula is C33H31F3N6O2. The summed E-state index contributed by atoms with van der Waals surface area (Å²) in [6.07, 6.45) is 11.8. The number of benzene rings is 2. The Kier molecular flexibility index (Phi) is 6.36. The minimum absolute atomic E-state index is 0.0296. The molecule has 2 aromatic carbocycles. The lowest BCUT2D eigenvalue weighted by Gasteiger charge is -2.34. The van der Waals surface area contributed by atoms with Gasteiger partial charge in [-0.15, -0.1) is 6.42 Å². The van der Waals surface area contributed by atoms with E-state index in [1.807, 2.05) is 4.90 Å². The Morgan fingerprint density at radius 2 is 1.77 bits per heavy atom. The summed E-state index contributed by atoms with van der Waals surface area (Å²) in [7, 11) is 0. The molecule has 2 N–H and O–H groups in total. The van der Waals surface area contributed by atoms with Crippen molar-refractivity contribution in [2.24, 2.45) is 0 Å². The van der Waals surface area contributed by atoms with Gasteiger partial charge < -0.3 is 20.1 Å². The predicted molar refractivity (Wildman–Crippen MR) is 160 cm³/mol. The minimum atomic E-state index is -0.977. The number of anilines is 1. The molecular weight excluding hydrogens is 569 g/mol. The standard InChI is InChI=1S/C33H31F3N6O2/c1-2-22-24(34)8-5-18-13-21(43)14-23(25(18)22)28-27(35)29-26(30(36)38-28)31(41-15-19-6-7-20(16-41)37-19)40-32(39-29)44-17-33-9-3-11-42(33)12-4-10-33/h1,5,8,13-14,19-20,37,43H,3-4,6-7,9-12,15-17H2. The van der Waals surface area contributed by atoms with Crippen molar-refractivity contribution in [2.45, 2.75) is 56.1 Å². The topological polar surface area (TPSA) is 86.6 Å². The van der Waals surface area contributed by atoms with Crippen LogP contribution < -0.4 is 15.0 Å². The van der Waals surface area contributed by atoms with E-state index in [1.54, 1.807) is 0 Å². The van der Waals surface area contributed by atoms with Crippen molar-refractivity contribution in [1.29, 1.82) is 0 Å². The number of aromatic hydroxyl groups is 1. The normalized spacial score (nSPS) is 22.5. The number of phenols is 1. The first-order valence-corrected chi connectivity index (χ1v) is 15.2. The number of hydrogen-bond acceptors (Lipinski definition) is 8. The third kappa shape index (κ3) is 4.26. The maximum Gasteiger partial charge on any atom is 0.319 e. The van der Waals surface area contributed by atoms with Crippen molar-refractivity contribution in [3.05, 3.63) is 47.4 Å². The smallest absolute Gasteiger partial charge is 0.319 e. The molecule has 0 amide bonds. The van der Waals surface area contributed by atoms with Crippen LogP contribution in [0.15, 0.2) is 24.3 Å². The molecule has 2 atom stereocenters. The van der Waals surface area contributed by atoms with Crippen LogP contribution >= 0.6 is 0 Å². The van der Waals surface area contributed by atoms with Crippen molar-refractivity contribution >= 4 is 27.5 Å². The van der Waals surface area contributed by atoms with Crippen LogP contribution in [-0.2, 0) is 0 Å². The first kappa shape index (κ1) is 27.4. The Hall–Kier alpha value is -4.14. The lowest BCUT2D eigenvalue weighted by atomic mass is 9.95. The number of pyridine rings is 1. The summed E-state index contributed by atoms with van der Waals surface area (Å²) in [4.78, 5) is 17.6. The quantitative estimate of drug-likeness (QED) is 0.247. The third-order valence-electron chi connectivity index (χ3n) is 9.95. The highest BCUT2D eigenvalue weighted by atomic mass is 19.1. The number of nitrogens with zero attached hydrogens (tertiary/aromatic N) is 5. The molecule has 2 unspecified atom stereocenters. The van der Waals surface area contributed by atoms with Gasteiger partial charge in [-0.05, 0) is 75.2 Å². The maximum atomic E-state index is 16.7. The number of fused-ring (bicyclic) bond motifs is 5. The van der Waals surface area contributed by atoms with Crippen molar-refractivity contribution < 1.29 is 23.0 Å². The Labute approximate surface area is 252 Å². The second-order valence-electron chi connectivity index (χ2n) is 12.5. The van der Waals surface area contributed by atoms with Crippen molar-refractivity contribution in [3.63, 3.8) is 0 Å². The van der Waals surface area contributed by atoms with E-state index in [9.17, 15) is 9.50 Å². The van der Waals surface area contributed by atoms with Crippen LogP contribution in [-0.4, -0.2) is 75.4 Å². The molecule has 0 spiro atoms. The van der Waals surface area contributed by atoms with Crippen molar-refractivity contribution in [2.75, 3.05) is 37.7 Å². The lowest BCUT2D eigenvalue weighted by molar-refractivity contribution is 0.108. The number of piperazine rings is 1. The first-order valence-electron chi connectivity index (χ1n) is 15.2. The van der Waals surface area contributed by atoms with Gasteiger partial charge in [-0.3, -0.25) is 4.90 Å². The van der Waals surface area contributed by atoms with Gasteiger partial charge in [0, 0.05) is 36.1 Å². The average molecular weight is 601 g/mol. The molecule has 4 saturated heterocycles. The fourth-order valence-electron chi connectivity index (χ4n) is 7.95. The van der Waals surface area contributed by atoms with Gasteiger partial charge in [0.25, 0.3) is 0 Å². The van der Waals surface area contributed by atoms with Crippen LogP contribution in [0.3, 0.4) is 0 Å². The van der Waals surface area contributed by atoms with Gasteiger partial charge >= 0.3 is 6.01 Å². The average Bonchev–Trinajstić information content (AvgIpc) is 3.70. The van der Waals surface area contributed by atoms with Gasteiger partial charge in [0.15, 0.2) is 5.82 Å². The highest BCUT2D eigenvalue weighted by molar-refractivity contribution is 6.03. The zero-order valence-electron chi connectivity index (χ0n) is 24.0. The molecule has 4 aliphatic rings. The van der Waals surface area contributed by atoms with E-state index >= 15 is 8.78 Å². The fourth-order valence-corrected chi connectivity index (χ4v) is 7.95. The van der Waals surface area contributed by atoms with Crippen LogP contribution in [0.4, 0.5) is 19.0 Å². The van der Waals surface area contributed by atoms with Crippen LogP contribution in [0, 0.1) is 29.9 Å². The molecule has 0 saturated carbocycles. The Balaban J connectivity index is 1.31. The highest BCUT2D eigenvalue weighted by Crippen LogP contribution is 2.42. The maximum absolute atomic E-state index is 16.7. The number of hydrogen-bond donors (Lipinski definition) is 2. The third-order valence-corrected chi connectivity index (χ3v) is 9.95. The molecule has 226 valence electrons. The van der Waals surface area contributed by atoms with Gasteiger partial charge in [-0.25, -0.2) is 13.8 Å². The van der Waals surface area contributed by atoms with E-state index in [0.29, 0.717) is 25.1 Å². The van der Waals surface area contributed by atoms with E-state index < -0.39 is 23.3 Å². The van der Waals surface area contributed by atoms with E-state index in [2.05, 4.69) is 31.1 Å². The number of ether oxygens (including phenoxy) is 1. The molecule has 44 heavy (non-hydrogen) atoms. The molecule has 4 fully saturated rings. The lowest BCUT2D eigenvalue weighted by Crippen LogP contribution is -2.51. The summed E-state index contributed by atoms with van der Waals surface area (Å²) in [5.41, 5.74) is -1.01. The number of phenolic OH excluding ortho intramolecular Hbond substituents is 1. The van der Waals surface area contributed by atoms with Crippen LogP contribution in [0.1, 0.15) is 44.1 Å². The monoisotopic (exact) mass is 600 g/mol. The molecule has 6 heterocycles. The van der Waals surface area contributed by atoms with Gasteiger partial charge in [0.1, 0.15) is 40.6 Å². The highest BCUT2D eigenvalue weighted by Gasteiger charge is 2.45. The molecule has 8 nitrogen and oxygen atoms in total. The summed E-state index contributed by atoms with van der Waals surface area (Å²) < 4.78 is 54.0. The molecule has 11 heteroatoms. The van der Waals surface area contributed by atoms with E-state index in [1.165, 1.54) is 24.3 Å².